The second-order valence-corrected chi connectivity index (χ2v) is 5.08. The molecule has 2 rings (SSSR count). The lowest BCUT2D eigenvalue weighted by Gasteiger charge is -2.18. The van der Waals surface area contributed by atoms with Crippen LogP contribution < -0.4 is 15.4 Å². The number of nitrogens with two attached hydrogens (primary N) is 1. The fraction of sp³-hybridized carbons (Fsp3) is 0.250. The third-order valence-corrected chi connectivity index (χ3v) is 3.71. The topological polar surface area (TPSA) is 51.4 Å². The molecule has 1 aromatic heterocycles. The molecule has 0 bridgehead atoms. The summed E-state index contributed by atoms with van der Waals surface area (Å²) in [6, 6.07) is 7.76. The van der Waals surface area contributed by atoms with E-state index in [2.05, 4.69) is 4.37 Å². The maximum Gasteiger partial charge on any atom is 0.197 e. The summed E-state index contributed by atoms with van der Waals surface area (Å²) in [5, 5.41) is 1.65. The standard InChI is InChI=1S/C12H14ClN3OS/c1-16(7-8-4-3-5-9(13)6-8)12-10(17-2)11(14)15-18-12/h3-6H,7H2,1-2H3,(H2,14,15). The first-order chi connectivity index (χ1) is 8.61. The summed E-state index contributed by atoms with van der Waals surface area (Å²) >= 11 is 7.29. The van der Waals surface area contributed by atoms with Crippen molar-refractivity contribution in [2.24, 2.45) is 0 Å². The molecule has 1 aromatic carbocycles. The Balaban J connectivity index is 2.19. The maximum atomic E-state index is 5.96. The Bertz CT molecular complexity index is 544. The monoisotopic (exact) mass is 283 g/mol. The molecule has 4 nitrogen and oxygen atoms in total. The number of anilines is 2. The van der Waals surface area contributed by atoms with Gasteiger partial charge in [0.15, 0.2) is 16.6 Å². The summed E-state index contributed by atoms with van der Waals surface area (Å²) in [5.74, 6) is 1.06. The van der Waals surface area contributed by atoms with E-state index in [1.165, 1.54) is 11.5 Å². The minimum atomic E-state index is 0.426. The van der Waals surface area contributed by atoms with Crippen molar-refractivity contribution in [2.45, 2.75) is 6.54 Å². The van der Waals surface area contributed by atoms with Gasteiger partial charge in [0.05, 0.1) is 7.11 Å². The molecule has 0 amide bonds. The van der Waals surface area contributed by atoms with Crippen molar-refractivity contribution in [3.05, 3.63) is 34.9 Å². The number of nitrogen functional groups attached to an aromatic ring is 1. The van der Waals surface area contributed by atoms with E-state index >= 15 is 0 Å². The zero-order valence-electron chi connectivity index (χ0n) is 10.2. The molecule has 96 valence electrons. The van der Waals surface area contributed by atoms with Gasteiger partial charge in [-0.05, 0) is 29.2 Å². The van der Waals surface area contributed by atoms with Crippen molar-refractivity contribution in [1.82, 2.24) is 4.37 Å². The lowest BCUT2D eigenvalue weighted by atomic mass is 10.2. The summed E-state index contributed by atoms with van der Waals surface area (Å²) in [4.78, 5) is 2.04. The van der Waals surface area contributed by atoms with Gasteiger partial charge in [-0.2, -0.15) is 4.37 Å². The molecule has 1 heterocycles. The van der Waals surface area contributed by atoms with Crippen LogP contribution in [0.4, 0.5) is 10.8 Å². The van der Waals surface area contributed by atoms with Gasteiger partial charge >= 0.3 is 0 Å². The predicted octanol–water partition coefficient (Wildman–Crippen LogP) is 3.02. The number of hydrogen-bond donors (Lipinski definition) is 1. The van der Waals surface area contributed by atoms with Crippen LogP contribution in [0.15, 0.2) is 24.3 Å². The molecular formula is C12H14ClN3OS. The van der Waals surface area contributed by atoms with Crippen LogP contribution in [-0.4, -0.2) is 18.5 Å². The Kier molecular flexibility index (Phi) is 3.93. The van der Waals surface area contributed by atoms with Crippen LogP contribution in [-0.2, 0) is 6.54 Å². The number of nitrogens with zero attached hydrogens (tertiary/aromatic N) is 2. The van der Waals surface area contributed by atoms with E-state index in [0.29, 0.717) is 11.6 Å². The van der Waals surface area contributed by atoms with Crippen molar-refractivity contribution in [1.29, 1.82) is 0 Å². The van der Waals surface area contributed by atoms with E-state index in [0.717, 1.165) is 22.1 Å². The first-order valence-corrected chi connectivity index (χ1v) is 6.51. The first-order valence-electron chi connectivity index (χ1n) is 5.36. The number of ether oxygens (including phenoxy) is 1. The molecule has 6 heteroatoms. The minimum Gasteiger partial charge on any atom is -0.490 e. The highest BCUT2D eigenvalue weighted by atomic mass is 35.5. The minimum absolute atomic E-state index is 0.426. The maximum absolute atomic E-state index is 5.96. The van der Waals surface area contributed by atoms with Crippen LogP contribution in [0.3, 0.4) is 0 Å². The predicted molar refractivity (Wildman–Crippen MR) is 76.6 cm³/mol. The van der Waals surface area contributed by atoms with E-state index in [4.69, 9.17) is 22.1 Å². The number of benzene rings is 1. The molecule has 0 spiro atoms. The highest BCUT2D eigenvalue weighted by molar-refractivity contribution is 7.11. The first kappa shape index (κ1) is 13.0. The van der Waals surface area contributed by atoms with Gasteiger partial charge < -0.3 is 15.4 Å². The highest BCUT2D eigenvalue weighted by Gasteiger charge is 2.16. The molecule has 18 heavy (non-hydrogen) atoms. The van der Waals surface area contributed by atoms with Crippen molar-refractivity contribution in [3.8, 4) is 5.75 Å². The summed E-state index contributed by atoms with van der Waals surface area (Å²) in [7, 11) is 3.56. The van der Waals surface area contributed by atoms with Gasteiger partial charge in [-0.1, -0.05) is 23.7 Å². The van der Waals surface area contributed by atoms with Crippen molar-refractivity contribution in [2.75, 3.05) is 24.8 Å². The molecular weight excluding hydrogens is 270 g/mol. The average Bonchev–Trinajstić information content (AvgIpc) is 2.70. The third-order valence-electron chi connectivity index (χ3n) is 2.52. The van der Waals surface area contributed by atoms with Crippen molar-refractivity contribution < 1.29 is 4.74 Å². The molecule has 0 saturated heterocycles. The Hall–Kier alpha value is -1.46. The molecule has 0 aliphatic carbocycles. The molecule has 0 saturated carbocycles. The Morgan fingerprint density at radius 2 is 2.28 bits per heavy atom. The summed E-state index contributed by atoms with van der Waals surface area (Å²) in [5.41, 5.74) is 6.86. The van der Waals surface area contributed by atoms with E-state index in [1.54, 1.807) is 7.11 Å². The smallest absolute Gasteiger partial charge is 0.197 e. The van der Waals surface area contributed by atoms with Gasteiger partial charge in [0.2, 0.25) is 0 Å². The molecule has 0 aliphatic rings. The number of rotatable bonds is 4. The van der Waals surface area contributed by atoms with E-state index in [1.807, 2.05) is 36.2 Å². The van der Waals surface area contributed by atoms with Gasteiger partial charge in [-0.15, -0.1) is 0 Å². The zero-order valence-corrected chi connectivity index (χ0v) is 11.8. The van der Waals surface area contributed by atoms with E-state index in [-0.39, 0.29) is 0 Å². The fourth-order valence-electron chi connectivity index (χ4n) is 1.70. The number of hydrogen-bond acceptors (Lipinski definition) is 5. The summed E-state index contributed by atoms with van der Waals surface area (Å²) in [6.45, 7) is 0.721. The molecule has 0 atom stereocenters. The SMILES string of the molecule is COc1c(N)nsc1N(C)Cc1cccc(Cl)c1. The Morgan fingerprint density at radius 3 is 2.94 bits per heavy atom. The van der Waals surface area contributed by atoms with Crippen LogP contribution in [0.2, 0.25) is 5.02 Å². The van der Waals surface area contributed by atoms with E-state index in [9.17, 15) is 0 Å². The Morgan fingerprint density at radius 1 is 1.50 bits per heavy atom. The number of aromatic nitrogens is 1. The summed E-state index contributed by atoms with van der Waals surface area (Å²) in [6.07, 6.45) is 0. The molecule has 0 aliphatic heterocycles. The van der Waals surface area contributed by atoms with Gasteiger partial charge in [0.1, 0.15) is 0 Å². The molecule has 0 radical (unpaired) electrons. The molecule has 0 unspecified atom stereocenters. The van der Waals surface area contributed by atoms with Crippen LogP contribution in [0.1, 0.15) is 5.56 Å². The lowest BCUT2D eigenvalue weighted by molar-refractivity contribution is 0.418. The molecule has 2 aromatic rings. The number of halogens is 1. The van der Waals surface area contributed by atoms with Crippen molar-refractivity contribution >= 4 is 34.0 Å². The summed E-state index contributed by atoms with van der Waals surface area (Å²) < 4.78 is 9.35. The van der Waals surface area contributed by atoms with E-state index < -0.39 is 0 Å². The second kappa shape index (κ2) is 5.46. The normalized spacial score (nSPS) is 10.4. The lowest BCUT2D eigenvalue weighted by Crippen LogP contribution is -2.15. The molecule has 0 fully saturated rings. The van der Waals surface area contributed by atoms with Crippen LogP contribution in [0, 0.1) is 0 Å². The van der Waals surface area contributed by atoms with Gasteiger partial charge in [0.25, 0.3) is 0 Å². The zero-order chi connectivity index (χ0) is 13.1. The largest absolute Gasteiger partial charge is 0.490 e. The van der Waals surface area contributed by atoms with Gasteiger partial charge in [-0.25, -0.2) is 0 Å². The average molecular weight is 284 g/mol. The second-order valence-electron chi connectivity index (χ2n) is 3.89. The van der Waals surface area contributed by atoms with Crippen LogP contribution >= 0.6 is 23.1 Å². The Labute approximate surface area is 115 Å². The third kappa shape index (κ3) is 2.68. The molecule has 2 N–H and O–H groups in total. The van der Waals surface area contributed by atoms with Crippen molar-refractivity contribution in [3.63, 3.8) is 0 Å². The van der Waals surface area contributed by atoms with Gasteiger partial charge in [-0.3, -0.25) is 0 Å². The highest BCUT2D eigenvalue weighted by Crippen LogP contribution is 2.37. The van der Waals surface area contributed by atoms with Gasteiger partial charge in [0, 0.05) is 18.6 Å². The fourth-order valence-corrected chi connectivity index (χ4v) is 2.66. The quantitative estimate of drug-likeness (QED) is 0.937. The van der Waals surface area contributed by atoms with Crippen LogP contribution in [0.25, 0.3) is 0 Å². The number of methoxy groups -OCH3 is 1. The van der Waals surface area contributed by atoms with Crippen LogP contribution in [0.5, 0.6) is 5.75 Å².